The summed E-state index contributed by atoms with van der Waals surface area (Å²) in [5, 5.41) is 1.27. The van der Waals surface area contributed by atoms with Gasteiger partial charge in [0.1, 0.15) is 0 Å². The molecule has 1 aromatic carbocycles. The molecule has 0 bridgehead atoms. The number of aromatic nitrogens is 1. The number of hydrogen-bond donors (Lipinski definition) is 2. The monoisotopic (exact) mass is 295 g/mol. The van der Waals surface area contributed by atoms with E-state index in [4.69, 9.17) is 29.0 Å². The average Bonchev–Trinajstić information content (AvgIpc) is 2.39. The standard InChI is InChI=1S/C14H15Cl2N3/c1-9-3-2-6-18-14(9)13(19-17)7-10-4-5-11(15)8-12(10)16/h2-6,8,13,19H,7,17H2,1H3. The highest BCUT2D eigenvalue weighted by Gasteiger charge is 2.15. The summed E-state index contributed by atoms with van der Waals surface area (Å²) in [6.45, 7) is 2.01. The Balaban J connectivity index is 2.27. The van der Waals surface area contributed by atoms with Crippen molar-refractivity contribution in [2.24, 2.45) is 5.84 Å². The van der Waals surface area contributed by atoms with E-state index in [9.17, 15) is 0 Å². The van der Waals surface area contributed by atoms with Crippen LogP contribution in [0.15, 0.2) is 36.5 Å². The topological polar surface area (TPSA) is 50.9 Å². The molecular formula is C14H15Cl2N3. The number of nitrogens with one attached hydrogen (secondary N) is 1. The van der Waals surface area contributed by atoms with Crippen LogP contribution < -0.4 is 11.3 Å². The molecule has 0 aliphatic rings. The van der Waals surface area contributed by atoms with Gasteiger partial charge in [-0.1, -0.05) is 35.3 Å². The second kappa shape index (κ2) is 6.35. The quantitative estimate of drug-likeness (QED) is 0.671. The van der Waals surface area contributed by atoms with Crippen LogP contribution in [0.1, 0.15) is 22.9 Å². The second-order valence-electron chi connectivity index (χ2n) is 4.36. The zero-order valence-corrected chi connectivity index (χ0v) is 12.0. The minimum absolute atomic E-state index is 0.0834. The first kappa shape index (κ1) is 14.3. The highest BCUT2D eigenvalue weighted by molar-refractivity contribution is 6.35. The molecule has 2 rings (SSSR count). The smallest absolute Gasteiger partial charge is 0.0675 e. The van der Waals surface area contributed by atoms with Gasteiger partial charge in [0, 0.05) is 16.2 Å². The summed E-state index contributed by atoms with van der Waals surface area (Å²) in [6, 6.07) is 9.30. The number of rotatable bonds is 4. The third kappa shape index (κ3) is 3.45. The summed E-state index contributed by atoms with van der Waals surface area (Å²) in [5.74, 6) is 5.64. The lowest BCUT2D eigenvalue weighted by atomic mass is 10.0. The second-order valence-corrected chi connectivity index (χ2v) is 5.21. The van der Waals surface area contributed by atoms with Crippen LogP contribution in [0.25, 0.3) is 0 Å². The highest BCUT2D eigenvalue weighted by atomic mass is 35.5. The van der Waals surface area contributed by atoms with Gasteiger partial charge in [0.25, 0.3) is 0 Å². The third-order valence-electron chi connectivity index (χ3n) is 3.02. The molecule has 2 aromatic rings. The fourth-order valence-electron chi connectivity index (χ4n) is 2.00. The summed E-state index contributed by atoms with van der Waals surface area (Å²) in [7, 11) is 0. The third-order valence-corrected chi connectivity index (χ3v) is 3.61. The molecule has 0 aliphatic carbocycles. The number of hydrazine groups is 1. The molecule has 19 heavy (non-hydrogen) atoms. The van der Waals surface area contributed by atoms with Crippen molar-refractivity contribution in [3.63, 3.8) is 0 Å². The lowest BCUT2D eigenvalue weighted by Crippen LogP contribution is -2.30. The van der Waals surface area contributed by atoms with Gasteiger partial charge < -0.3 is 0 Å². The van der Waals surface area contributed by atoms with Crippen LogP contribution >= 0.6 is 23.2 Å². The fraction of sp³-hybridized carbons (Fsp3) is 0.214. The van der Waals surface area contributed by atoms with Crippen molar-refractivity contribution in [1.29, 1.82) is 0 Å². The average molecular weight is 296 g/mol. The van der Waals surface area contributed by atoms with Crippen molar-refractivity contribution in [2.45, 2.75) is 19.4 Å². The van der Waals surface area contributed by atoms with Gasteiger partial charge in [-0.2, -0.15) is 0 Å². The molecule has 1 heterocycles. The molecule has 5 heteroatoms. The van der Waals surface area contributed by atoms with E-state index < -0.39 is 0 Å². The first-order chi connectivity index (χ1) is 9.11. The van der Waals surface area contributed by atoms with Crippen LogP contribution in [0.3, 0.4) is 0 Å². The molecule has 100 valence electrons. The molecule has 0 fully saturated rings. The van der Waals surface area contributed by atoms with Crippen LogP contribution in [0.4, 0.5) is 0 Å². The summed E-state index contributed by atoms with van der Waals surface area (Å²) in [5.41, 5.74) is 5.80. The van der Waals surface area contributed by atoms with Crippen molar-refractivity contribution < 1.29 is 0 Å². The van der Waals surface area contributed by atoms with Crippen molar-refractivity contribution in [1.82, 2.24) is 10.4 Å². The molecule has 1 atom stereocenters. The van der Waals surface area contributed by atoms with Crippen LogP contribution in [0.2, 0.25) is 10.0 Å². The number of nitrogens with two attached hydrogens (primary N) is 1. The van der Waals surface area contributed by atoms with E-state index in [-0.39, 0.29) is 6.04 Å². The minimum atomic E-state index is -0.0834. The fourth-order valence-corrected chi connectivity index (χ4v) is 2.49. The first-order valence-corrected chi connectivity index (χ1v) is 6.69. The van der Waals surface area contributed by atoms with Gasteiger partial charge in [-0.25, -0.2) is 0 Å². The maximum Gasteiger partial charge on any atom is 0.0675 e. The summed E-state index contributed by atoms with van der Waals surface area (Å²) in [6.07, 6.45) is 2.42. The molecular weight excluding hydrogens is 281 g/mol. The van der Waals surface area contributed by atoms with Crippen LogP contribution in [-0.4, -0.2) is 4.98 Å². The lowest BCUT2D eigenvalue weighted by Gasteiger charge is -2.18. The normalized spacial score (nSPS) is 12.4. The van der Waals surface area contributed by atoms with Gasteiger partial charge in [-0.3, -0.25) is 16.3 Å². The van der Waals surface area contributed by atoms with E-state index in [0.717, 1.165) is 16.8 Å². The van der Waals surface area contributed by atoms with E-state index in [0.29, 0.717) is 16.5 Å². The molecule has 0 saturated carbocycles. The maximum atomic E-state index is 6.18. The summed E-state index contributed by atoms with van der Waals surface area (Å²) >= 11 is 12.1. The molecule has 0 saturated heterocycles. The Kier molecular flexibility index (Phi) is 4.77. The van der Waals surface area contributed by atoms with E-state index in [1.165, 1.54) is 0 Å². The number of hydrogen-bond acceptors (Lipinski definition) is 3. The zero-order chi connectivity index (χ0) is 13.8. The van der Waals surface area contributed by atoms with Gasteiger partial charge in [0.2, 0.25) is 0 Å². The Hall–Kier alpha value is -1.13. The summed E-state index contributed by atoms with van der Waals surface area (Å²) < 4.78 is 0. The van der Waals surface area contributed by atoms with E-state index >= 15 is 0 Å². The Morgan fingerprint density at radius 1 is 1.32 bits per heavy atom. The van der Waals surface area contributed by atoms with Gasteiger partial charge in [0.15, 0.2) is 0 Å². The molecule has 1 unspecified atom stereocenters. The van der Waals surface area contributed by atoms with E-state index in [1.807, 2.05) is 31.2 Å². The molecule has 0 radical (unpaired) electrons. The predicted molar refractivity (Wildman–Crippen MR) is 79.2 cm³/mol. The van der Waals surface area contributed by atoms with Gasteiger partial charge >= 0.3 is 0 Å². The van der Waals surface area contributed by atoms with Crippen molar-refractivity contribution >= 4 is 23.2 Å². The molecule has 0 aliphatic heterocycles. The highest BCUT2D eigenvalue weighted by Crippen LogP contribution is 2.26. The van der Waals surface area contributed by atoms with E-state index in [1.54, 1.807) is 12.3 Å². The zero-order valence-electron chi connectivity index (χ0n) is 10.5. The van der Waals surface area contributed by atoms with Gasteiger partial charge in [-0.15, -0.1) is 0 Å². The van der Waals surface area contributed by atoms with Gasteiger partial charge in [0.05, 0.1) is 11.7 Å². The number of aryl methyl sites for hydroxylation is 1. The SMILES string of the molecule is Cc1cccnc1C(Cc1ccc(Cl)cc1Cl)NN. The molecule has 0 spiro atoms. The van der Waals surface area contributed by atoms with Crippen molar-refractivity contribution in [3.8, 4) is 0 Å². The Morgan fingerprint density at radius 2 is 2.11 bits per heavy atom. The maximum absolute atomic E-state index is 6.18. The number of nitrogens with zero attached hydrogens (tertiary/aromatic N) is 1. The van der Waals surface area contributed by atoms with Gasteiger partial charge in [-0.05, 0) is 42.7 Å². The Bertz CT molecular complexity index is 572. The minimum Gasteiger partial charge on any atom is -0.271 e. The van der Waals surface area contributed by atoms with E-state index in [2.05, 4.69) is 10.4 Å². The molecule has 1 aromatic heterocycles. The summed E-state index contributed by atoms with van der Waals surface area (Å²) in [4.78, 5) is 4.38. The Morgan fingerprint density at radius 3 is 2.74 bits per heavy atom. The van der Waals surface area contributed by atoms with Crippen LogP contribution in [-0.2, 0) is 6.42 Å². The number of pyridine rings is 1. The molecule has 3 N–H and O–H groups in total. The number of benzene rings is 1. The largest absolute Gasteiger partial charge is 0.271 e. The molecule has 3 nitrogen and oxygen atoms in total. The van der Waals surface area contributed by atoms with Crippen LogP contribution in [0.5, 0.6) is 0 Å². The van der Waals surface area contributed by atoms with Crippen molar-refractivity contribution in [2.75, 3.05) is 0 Å². The van der Waals surface area contributed by atoms with Crippen molar-refractivity contribution in [3.05, 3.63) is 63.4 Å². The Labute approximate surface area is 122 Å². The predicted octanol–water partition coefficient (Wildman–Crippen LogP) is 3.44. The molecule has 0 amide bonds. The van der Waals surface area contributed by atoms with Crippen LogP contribution in [0, 0.1) is 6.92 Å². The lowest BCUT2D eigenvalue weighted by molar-refractivity contribution is 0.535. The first-order valence-electron chi connectivity index (χ1n) is 5.93. The number of halogens is 2.